The van der Waals surface area contributed by atoms with E-state index in [0.717, 1.165) is 25.3 Å². The molecule has 1 aromatic heterocycles. The third-order valence-electron chi connectivity index (χ3n) is 2.54. The van der Waals surface area contributed by atoms with Crippen molar-refractivity contribution in [1.29, 1.82) is 0 Å². The number of rotatable bonds is 5. The molecule has 1 heterocycles. The Bertz CT molecular complexity index is 406. The van der Waals surface area contributed by atoms with Gasteiger partial charge in [0, 0.05) is 6.54 Å². The molecule has 0 saturated heterocycles. The van der Waals surface area contributed by atoms with Crippen LogP contribution in [0.5, 0.6) is 0 Å². The maximum Gasteiger partial charge on any atom is 0.180 e. The summed E-state index contributed by atoms with van der Waals surface area (Å²) in [6, 6.07) is 8.66. The monoisotopic (exact) mass is 216 g/mol. The van der Waals surface area contributed by atoms with E-state index in [1.165, 1.54) is 17.5 Å². The quantitative estimate of drug-likeness (QED) is 0.834. The number of aromatic nitrogens is 1. The number of aryl methyl sites for hydroxylation is 1. The molecular weight excluding hydrogens is 200 g/mol. The van der Waals surface area contributed by atoms with Crippen LogP contribution >= 0.6 is 0 Å². The van der Waals surface area contributed by atoms with Crippen LogP contribution in [0.1, 0.15) is 23.8 Å². The van der Waals surface area contributed by atoms with Gasteiger partial charge in [-0.25, -0.2) is 4.98 Å². The van der Waals surface area contributed by atoms with Crippen molar-refractivity contribution in [2.24, 2.45) is 0 Å². The summed E-state index contributed by atoms with van der Waals surface area (Å²) in [5, 5.41) is 3.31. The molecular formula is C13H16N2O. The van der Waals surface area contributed by atoms with Gasteiger partial charge in [-0.1, -0.05) is 31.2 Å². The molecule has 0 amide bonds. The number of nitrogens with one attached hydrogen (secondary N) is 1. The van der Waals surface area contributed by atoms with Gasteiger partial charge in [-0.3, -0.25) is 0 Å². The third kappa shape index (κ3) is 2.94. The van der Waals surface area contributed by atoms with E-state index in [1.807, 2.05) is 0 Å². The predicted octanol–water partition coefficient (Wildman–Crippen LogP) is 2.53. The predicted molar refractivity (Wildman–Crippen MR) is 62.9 cm³/mol. The van der Waals surface area contributed by atoms with Gasteiger partial charge in [-0.15, -0.1) is 0 Å². The first-order valence-electron chi connectivity index (χ1n) is 5.54. The molecule has 0 saturated carbocycles. The smallest absolute Gasteiger partial charge is 0.180 e. The lowest BCUT2D eigenvalue weighted by atomic mass is 10.1. The van der Waals surface area contributed by atoms with Crippen molar-refractivity contribution in [3.05, 3.63) is 53.7 Å². The molecule has 0 unspecified atom stereocenters. The lowest BCUT2D eigenvalue weighted by Gasteiger charge is -2.03. The van der Waals surface area contributed by atoms with Gasteiger partial charge < -0.3 is 9.73 Å². The highest BCUT2D eigenvalue weighted by atomic mass is 16.3. The molecule has 0 atom stereocenters. The lowest BCUT2D eigenvalue weighted by molar-refractivity contribution is 0.479. The van der Waals surface area contributed by atoms with E-state index in [1.54, 1.807) is 6.20 Å². The molecule has 3 nitrogen and oxygen atoms in total. The first kappa shape index (κ1) is 10.9. The van der Waals surface area contributed by atoms with Crippen LogP contribution in [0.15, 0.2) is 41.3 Å². The minimum Gasteiger partial charge on any atom is -0.447 e. The molecule has 2 rings (SSSR count). The molecule has 0 aliphatic rings. The largest absolute Gasteiger partial charge is 0.447 e. The highest BCUT2D eigenvalue weighted by molar-refractivity contribution is 5.22. The molecule has 16 heavy (non-hydrogen) atoms. The second-order valence-corrected chi connectivity index (χ2v) is 3.74. The lowest BCUT2D eigenvalue weighted by Crippen LogP contribution is -2.12. The van der Waals surface area contributed by atoms with E-state index in [-0.39, 0.29) is 0 Å². The Labute approximate surface area is 95.5 Å². The maximum atomic E-state index is 5.13. The maximum absolute atomic E-state index is 5.13. The Morgan fingerprint density at radius 2 is 1.88 bits per heavy atom. The molecule has 3 heteroatoms. The number of oxazole rings is 1. The Balaban J connectivity index is 1.81. The normalized spacial score (nSPS) is 10.6. The van der Waals surface area contributed by atoms with Crippen LogP contribution in [0.3, 0.4) is 0 Å². The van der Waals surface area contributed by atoms with Crippen molar-refractivity contribution >= 4 is 0 Å². The highest BCUT2D eigenvalue weighted by Gasteiger charge is 1.96. The van der Waals surface area contributed by atoms with Crippen LogP contribution in [0.4, 0.5) is 0 Å². The van der Waals surface area contributed by atoms with E-state index < -0.39 is 0 Å². The van der Waals surface area contributed by atoms with Crippen LogP contribution in [0, 0.1) is 0 Å². The van der Waals surface area contributed by atoms with Gasteiger partial charge in [0.2, 0.25) is 0 Å². The first-order chi connectivity index (χ1) is 7.88. The van der Waals surface area contributed by atoms with Gasteiger partial charge in [-0.05, 0) is 17.5 Å². The average molecular weight is 216 g/mol. The molecule has 2 aromatic rings. The second kappa shape index (κ2) is 5.47. The standard InChI is InChI=1S/C13H16N2O/c1-2-11-3-5-12(6-4-11)7-14-8-13-9-15-10-16-13/h3-6,9-10,14H,2,7-8H2,1H3. The second-order valence-electron chi connectivity index (χ2n) is 3.74. The Morgan fingerprint density at radius 3 is 2.50 bits per heavy atom. The summed E-state index contributed by atoms with van der Waals surface area (Å²) in [5.74, 6) is 0.866. The SMILES string of the molecule is CCc1ccc(CNCc2cnco2)cc1. The number of hydrogen-bond acceptors (Lipinski definition) is 3. The zero-order valence-corrected chi connectivity index (χ0v) is 9.44. The van der Waals surface area contributed by atoms with Gasteiger partial charge in [0.05, 0.1) is 12.7 Å². The fourth-order valence-electron chi connectivity index (χ4n) is 1.55. The van der Waals surface area contributed by atoms with E-state index in [4.69, 9.17) is 4.42 Å². The van der Waals surface area contributed by atoms with Crippen molar-refractivity contribution < 1.29 is 4.42 Å². The zero-order valence-electron chi connectivity index (χ0n) is 9.44. The zero-order chi connectivity index (χ0) is 11.2. The summed E-state index contributed by atoms with van der Waals surface area (Å²) in [6.07, 6.45) is 4.27. The van der Waals surface area contributed by atoms with Crippen molar-refractivity contribution in [1.82, 2.24) is 10.3 Å². The van der Waals surface area contributed by atoms with Crippen molar-refractivity contribution in [3.8, 4) is 0 Å². The molecule has 0 aliphatic heterocycles. The summed E-state index contributed by atoms with van der Waals surface area (Å²) >= 11 is 0. The molecule has 0 fully saturated rings. The molecule has 84 valence electrons. The minimum atomic E-state index is 0.718. The van der Waals surface area contributed by atoms with E-state index in [9.17, 15) is 0 Å². The van der Waals surface area contributed by atoms with Crippen LogP contribution in [0.2, 0.25) is 0 Å². The van der Waals surface area contributed by atoms with Gasteiger partial charge in [0.1, 0.15) is 5.76 Å². The van der Waals surface area contributed by atoms with Gasteiger partial charge in [-0.2, -0.15) is 0 Å². The van der Waals surface area contributed by atoms with E-state index in [0.29, 0.717) is 0 Å². The molecule has 0 bridgehead atoms. The van der Waals surface area contributed by atoms with Gasteiger partial charge >= 0.3 is 0 Å². The fourth-order valence-corrected chi connectivity index (χ4v) is 1.55. The molecule has 1 N–H and O–H groups in total. The van der Waals surface area contributed by atoms with E-state index in [2.05, 4.69) is 41.5 Å². The Hall–Kier alpha value is -1.61. The summed E-state index contributed by atoms with van der Waals surface area (Å²) < 4.78 is 5.13. The summed E-state index contributed by atoms with van der Waals surface area (Å²) in [7, 11) is 0. The third-order valence-corrected chi connectivity index (χ3v) is 2.54. The molecule has 0 aliphatic carbocycles. The summed E-state index contributed by atoms with van der Waals surface area (Å²) in [5.41, 5.74) is 2.66. The number of benzene rings is 1. The summed E-state index contributed by atoms with van der Waals surface area (Å²) in [6.45, 7) is 3.73. The van der Waals surface area contributed by atoms with Crippen LogP contribution in [0.25, 0.3) is 0 Å². The molecule has 0 radical (unpaired) electrons. The number of nitrogens with zero attached hydrogens (tertiary/aromatic N) is 1. The molecule has 1 aromatic carbocycles. The van der Waals surface area contributed by atoms with Crippen LogP contribution < -0.4 is 5.32 Å². The van der Waals surface area contributed by atoms with Crippen molar-refractivity contribution in [2.75, 3.05) is 0 Å². The summed E-state index contributed by atoms with van der Waals surface area (Å²) in [4.78, 5) is 3.86. The highest BCUT2D eigenvalue weighted by Crippen LogP contribution is 2.05. The number of hydrogen-bond donors (Lipinski definition) is 1. The van der Waals surface area contributed by atoms with Gasteiger partial charge in [0.15, 0.2) is 6.39 Å². The minimum absolute atomic E-state index is 0.718. The first-order valence-corrected chi connectivity index (χ1v) is 5.54. The van der Waals surface area contributed by atoms with Gasteiger partial charge in [0.25, 0.3) is 0 Å². The Kier molecular flexibility index (Phi) is 3.72. The Morgan fingerprint density at radius 1 is 1.12 bits per heavy atom. The van der Waals surface area contributed by atoms with E-state index >= 15 is 0 Å². The van der Waals surface area contributed by atoms with Crippen LogP contribution in [-0.4, -0.2) is 4.98 Å². The fraction of sp³-hybridized carbons (Fsp3) is 0.308. The van der Waals surface area contributed by atoms with Crippen molar-refractivity contribution in [3.63, 3.8) is 0 Å². The topological polar surface area (TPSA) is 38.1 Å². The molecule has 0 spiro atoms. The van der Waals surface area contributed by atoms with Crippen molar-refractivity contribution in [2.45, 2.75) is 26.4 Å². The van der Waals surface area contributed by atoms with Crippen LogP contribution in [-0.2, 0) is 19.5 Å². The average Bonchev–Trinajstić information content (AvgIpc) is 2.83.